The molecule has 0 saturated carbocycles. The number of rotatable bonds is 4. The fourth-order valence-electron chi connectivity index (χ4n) is 3.77. The van der Waals surface area contributed by atoms with Gasteiger partial charge in [-0.05, 0) is 39.3 Å². The normalized spacial score (nSPS) is 26.8. The molecule has 2 heterocycles. The Labute approximate surface area is 127 Å². The molecular formula is C18H26N2O. The molecule has 0 aromatic heterocycles. The van der Waals surface area contributed by atoms with E-state index in [2.05, 4.69) is 16.7 Å². The van der Waals surface area contributed by atoms with Crippen molar-refractivity contribution in [3.63, 3.8) is 0 Å². The lowest BCUT2D eigenvalue weighted by Crippen LogP contribution is -2.55. The first-order valence-corrected chi connectivity index (χ1v) is 8.21. The van der Waals surface area contributed by atoms with E-state index in [0.717, 1.165) is 30.3 Å². The Bertz CT molecular complexity index is 514. The van der Waals surface area contributed by atoms with Crippen LogP contribution < -0.4 is 0 Å². The molecule has 3 rings (SSSR count). The Morgan fingerprint density at radius 3 is 3.00 bits per heavy atom. The van der Waals surface area contributed by atoms with Gasteiger partial charge in [-0.15, -0.1) is 0 Å². The molecule has 2 unspecified atom stereocenters. The van der Waals surface area contributed by atoms with Crippen molar-refractivity contribution in [3.05, 3.63) is 35.4 Å². The molecule has 21 heavy (non-hydrogen) atoms. The van der Waals surface area contributed by atoms with Gasteiger partial charge in [-0.1, -0.05) is 23.8 Å². The van der Waals surface area contributed by atoms with Gasteiger partial charge >= 0.3 is 0 Å². The quantitative estimate of drug-likeness (QED) is 0.795. The van der Waals surface area contributed by atoms with Crippen LogP contribution in [0.2, 0.25) is 0 Å². The number of carbonyl (C=O) groups excluding carboxylic acids is 1. The van der Waals surface area contributed by atoms with Crippen molar-refractivity contribution >= 4 is 5.78 Å². The Balaban J connectivity index is 1.56. The predicted octanol–water partition coefficient (Wildman–Crippen LogP) is 2.74. The molecular weight excluding hydrogens is 260 g/mol. The van der Waals surface area contributed by atoms with E-state index in [1.807, 2.05) is 31.2 Å². The summed E-state index contributed by atoms with van der Waals surface area (Å²) in [4.78, 5) is 17.5. The van der Waals surface area contributed by atoms with Gasteiger partial charge in [-0.3, -0.25) is 14.6 Å². The van der Waals surface area contributed by atoms with Gasteiger partial charge in [0.1, 0.15) is 0 Å². The molecule has 114 valence electrons. The minimum atomic E-state index is 0.278. The third kappa shape index (κ3) is 3.35. The summed E-state index contributed by atoms with van der Waals surface area (Å²) in [5.41, 5.74) is 2.02. The molecule has 2 saturated heterocycles. The Morgan fingerprint density at radius 2 is 2.19 bits per heavy atom. The smallest absolute Gasteiger partial charge is 0.164 e. The highest BCUT2D eigenvalue weighted by molar-refractivity contribution is 5.96. The van der Waals surface area contributed by atoms with E-state index in [-0.39, 0.29) is 5.78 Å². The highest BCUT2D eigenvalue weighted by Crippen LogP contribution is 2.24. The molecule has 3 heteroatoms. The fourth-order valence-corrected chi connectivity index (χ4v) is 3.77. The number of hydrogen-bond acceptors (Lipinski definition) is 3. The van der Waals surface area contributed by atoms with E-state index in [4.69, 9.17) is 0 Å². The lowest BCUT2D eigenvalue weighted by molar-refractivity contribution is 0.0567. The van der Waals surface area contributed by atoms with E-state index in [9.17, 15) is 4.79 Å². The van der Waals surface area contributed by atoms with Crippen LogP contribution in [0.5, 0.6) is 0 Å². The summed E-state index contributed by atoms with van der Waals surface area (Å²) in [5.74, 6) is 0.278. The molecule has 2 aliphatic heterocycles. The van der Waals surface area contributed by atoms with Crippen LogP contribution in [0.25, 0.3) is 0 Å². The number of fused-ring (bicyclic) bond motifs is 1. The Hall–Kier alpha value is -1.19. The number of carbonyl (C=O) groups is 1. The second kappa shape index (κ2) is 6.29. The maximum atomic E-state index is 12.3. The highest BCUT2D eigenvalue weighted by atomic mass is 16.1. The van der Waals surface area contributed by atoms with Crippen molar-refractivity contribution in [3.8, 4) is 0 Å². The first-order valence-electron chi connectivity index (χ1n) is 8.21. The van der Waals surface area contributed by atoms with Gasteiger partial charge in [0.15, 0.2) is 5.78 Å². The summed E-state index contributed by atoms with van der Waals surface area (Å²) in [5, 5.41) is 0. The molecule has 1 aromatic rings. The number of ketones is 1. The SMILES string of the molecule is Cc1cccc(C(=O)CCN2CC3CCCN3CC2C)c1. The molecule has 0 radical (unpaired) electrons. The van der Waals surface area contributed by atoms with Gasteiger partial charge in [0.2, 0.25) is 0 Å². The van der Waals surface area contributed by atoms with Crippen molar-refractivity contribution in [2.45, 2.75) is 45.2 Å². The van der Waals surface area contributed by atoms with Crippen LogP contribution in [0.4, 0.5) is 0 Å². The van der Waals surface area contributed by atoms with Crippen molar-refractivity contribution in [2.75, 3.05) is 26.2 Å². The van der Waals surface area contributed by atoms with Gasteiger partial charge in [-0.2, -0.15) is 0 Å². The molecule has 0 spiro atoms. The number of hydrogen-bond donors (Lipinski definition) is 0. The van der Waals surface area contributed by atoms with Crippen molar-refractivity contribution in [1.82, 2.24) is 9.80 Å². The molecule has 3 nitrogen and oxygen atoms in total. The standard InChI is InChI=1S/C18H26N2O/c1-14-5-3-6-16(11-14)18(21)8-10-19-13-17-7-4-9-20(17)12-15(19)2/h3,5-6,11,15,17H,4,7-10,12-13H2,1-2H3. The van der Waals surface area contributed by atoms with Gasteiger partial charge in [0, 0.05) is 43.7 Å². The van der Waals surface area contributed by atoms with Crippen LogP contribution in [0, 0.1) is 6.92 Å². The summed E-state index contributed by atoms with van der Waals surface area (Å²) in [6.45, 7) is 8.82. The van der Waals surface area contributed by atoms with Gasteiger partial charge in [0.05, 0.1) is 0 Å². The second-order valence-electron chi connectivity index (χ2n) is 6.68. The van der Waals surface area contributed by atoms with E-state index < -0.39 is 0 Å². The zero-order valence-electron chi connectivity index (χ0n) is 13.2. The molecule has 0 amide bonds. The minimum Gasteiger partial charge on any atom is -0.298 e. The monoisotopic (exact) mass is 286 g/mol. The minimum absolute atomic E-state index is 0.278. The van der Waals surface area contributed by atoms with Crippen LogP contribution in [0.15, 0.2) is 24.3 Å². The average Bonchev–Trinajstić information content (AvgIpc) is 2.91. The number of nitrogens with zero attached hydrogens (tertiary/aromatic N) is 2. The molecule has 0 aliphatic carbocycles. The van der Waals surface area contributed by atoms with Crippen molar-refractivity contribution in [2.24, 2.45) is 0 Å². The molecule has 2 fully saturated rings. The van der Waals surface area contributed by atoms with Gasteiger partial charge in [0.25, 0.3) is 0 Å². The maximum absolute atomic E-state index is 12.3. The van der Waals surface area contributed by atoms with E-state index >= 15 is 0 Å². The van der Waals surface area contributed by atoms with Crippen LogP contribution in [0.3, 0.4) is 0 Å². The Kier molecular flexibility index (Phi) is 4.41. The summed E-state index contributed by atoms with van der Waals surface area (Å²) in [6, 6.07) is 9.26. The largest absolute Gasteiger partial charge is 0.298 e. The molecule has 0 N–H and O–H groups in total. The first-order chi connectivity index (χ1) is 10.1. The summed E-state index contributed by atoms with van der Waals surface area (Å²) < 4.78 is 0. The van der Waals surface area contributed by atoms with E-state index in [1.54, 1.807) is 0 Å². The predicted molar refractivity (Wildman–Crippen MR) is 85.8 cm³/mol. The topological polar surface area (TPSA) is 23.6 Å². The second-order valence-corrected chi connectivity index (χ2v) is 6.68. The zero-order valence-corrected chi connectivity index (χ0v) is 13.2. The molecule has 2 atom stereocenters. The highest BCUT2D eigenvalue weighted by Gasteiger charge is 2.34. The van der Waals surface area contributed by atoms with E-state index in [0.29, 0.717) is 12.5 Å². The zero-order chi connectivity index (χ0) is 14.8. The van der Waals surface area contributed by atoms with Gasteiger partial charge in [-0.25, -0.2) is 0 Å². The lowest BCUT2D eigenvalue weighted by atomic mass is 10.0. The number of Topliss-reactive ketones (excluding diaryl/α,β-unsaturated/α-hetero) is 1. The molecule has 1 aromatic carbocycles. The third-order valence-electron chi connectivity index (χ3n) is 5.03. The van der Waals surface area contributed by atoms with Crippen molar-refractivity contribution < 1.29 is 4.79 Å². The number of aryl methyl sites for hydroxylation is 1. The molecule has 0 bridgehead atoms. The van der Waals surface area contributed by atoms with Crippen LogP contribution in [0.1, 0.15) is 42.1 Å². The molecule has 2 aliphatic rings. The van der Waals surface area contributed by atoms with Gasteiger partial charge < -0.3 is 0 Å². The summed E-state index contributed by atoms with van der Waals surface area (Å²) in [6.07, 6.45) is 3.31. The summed E-state index contributed by atoms with van der Waals surface area (Å²) in [7, 11) is 0. The van der Waals surface area contributed by atoms with Crippen molar-refractivity contribution in [1.29, 1.82) is 0 Å². The lowest BCUT2D eigenvalue weighted by Gasteiger charge is -2.42. The number of benzene rings is 1. The van der Waals surface area contributed by atoms with Crippen LogP contribution in [-0.4, -0.2) is 53.8 Å². The third-order valence-corrected chi connectivity index (χ3v) is 5.03. The number of piperazine rings is 1. The average molecular weight is 286 g/mol. The van der Waals surface area contributed by atoms with Crippen LogP contribution >= 0.6 is 0 Å². The fraction of sp³-hybridized carbons (Fsp3) is 0.611. The first kappa shape index (κ1) is 14.7. The maximum Gasteiger partial charge on any atom is 0.164 e. The summed E-state index contributed by atoms with van der Waals surface area (Å²) >= 11 is 0. The van der Waals surface area contributed by atoms with Crippen LogP contribution in [-0.2, 0) is 0 Å². The van der Waals surface area contributed by atoms with E-state index in [1.165, 1.54) is 25.9 Å². The Morgan fingerprint density at radius 1 is 1.33 bits per heavy atom.